The van der Waals surface area contributed by atoms with Crippen LogP contribution in [0.15, 0.2) is 72.6 Å². The summed E-state index contributed by atoms with van der Waals surface area (Å²) in [5.41, 5.74) is 5.22. The molecule has 0 unspecified atom stereocenters. The van der Waals surface area contributed by atoms with Gasteiger partial charge < -0.3 is 10.0 Å². The molecule has 1 N–H and O–H groups in total. The van der Waals surface area contributed by atoms with Gasteiger partial charge >= 0.3 is 0 Å². The van der Waals surface area contributed by atoms with Crippen LogP contribution >= 0.6 is 0 Å². The molecule has 0 fully saturated rings. The van der Waals surface area contributed by atoms with Crippen molar-refractivity contribution in [3.05, 3.63) is 83.8 Å². The van der Waals surface area contributed by atoms with E-state index in [1.54, 1.807) is 6.08 Å². The molecule has 2 aromatic rings. The number of nitrogens with zero attached hydrogens (tertiary/aromatic N) is 2. The molecule has 0 aliphatic carbocycles. The monoisotopic (exact) mass is 444 g/mol. The third-order valence-corrected chi connectivity index (χ3v) is 5.11. The highest BCUT2D eigenvalue weighted by molar-refractivity contribution is 5.73. The zero-order chi connectivity index (χ0) is 22.3. The lowest BCUT2D eigenvalue weighted by Crippen LogP contribution is -2.68. The van der Waals surface area contributed by atoms with Gasteiger partial charge in [-0.3, -0.25) is 0 Å². The van der Waals surface area contributed by atoms with Crippen molar-refractivity contribution in [2.75, 3.05) is 18.0 Å². The molecule has 2 heterocycles. The van der Waals surface area contributed by atoms with Crippen molar-refractivity contribution in [3.8, 4) is 0 Å². The molecule has 0 radical (unpaired) electrons. The minimum absolute atomic E-state index is 0.281. The van der Waals surface area contributed by atoms with Crippen molar-refractivity contribution < 1.29 is 38.6 Å². The number of aliphatic hydroxyl groups is 1. The molecule has 4 rings (SSSR count). The minimum Gasteiger partial charge on any atom is -0.503 e. The molecule has 164 valence electrons. The van der Waals surface area contributed by atoms with E-state index in [-0.39, 0.29) is 5.76 Å². The predicted molar refractivity (Wildman–Crippen MR) is 108 cm³/mol. The fourth-order valence-corrected chi connectivity index (χ4v) is 3.86. The third-order valence-electron chi connectivity index (χ3n) is 5.11. The van der Waals surface area contributed by atoms with E-state index in [1.807, 2.05) is 12.3 Å². The number of para-hydroxylation sites is 2. The molecule has 0 amide bonds. The van der Waals surface area contributed by atoms with Gasteiger partial charge in [-0.1, -0.05) is 36.4 Å². The first-order chi connectivity index (χ1) is 14.8. The molecule has 0 bridgehead atoms. The van der Waals surface area contributed by atoms with E-state index in [0.717, 1.165) is 38.8 Å². The molecule has 2 aliphatic heterocycles. The van der Waals surface area contributed by atoms with Gasteiger partial charge in [-0.2, -0.15) is 4.58 Å². The molecule has 0 atom stereocenters. The molecule has 31 heavy (non-hydrogen) atoms. The maximum Gasteiger partial charge on any atom is 0.211 e. The highest BCUT2D eigenvalue weighted by Crippen LogP contribution is 2.27. The van der Waals surface area contributed by atoms with Gasteiger partial charge in [-0.15, -0.1) is 10.2 Å². The molecular weight excluding hydrogens is 420 g/mol. The van der Waals surface area contributed by atoms with Crippen LogP contribution in [0.2, 0.25) is 0 Å². The standard InChI is InChI=1S/C23H24N2O.ClHO4/c26-21(18-25-17-6-11-20-9-2-4-14-23(20)25)12-7-16-24-15-5-10-19-8-1-3-13-22(19)24;2-1(3,4)5/h1-4,7-9,12-14,16,18H,5-6,10-11,15,17H2;(H,2,3,4,5). The summed E-state index contributed by atoms with van der Waals surface area (Å²) < 4.78 is 36.1. The molecule has 8 heteroatoms. The van der Waals surface area contributed by atoms with Gasteiger partial charge in [0.2, 0.25) is 11.9 Å². The Hall–Kier alpha value is -2.68. The first-order valence-electron chi connectivity index (χ1n) is 10.0. The largest absolute Gasteiger partial charge is 0.503 e. The summed E-state index contributed by atoms with van der Waals surface area (Å²) in [6, 6.07) is 17.0. The Labute approximate surface area is 183 Å². The molecule has 2 aliphatic rings. The van der Waals surface area contributed by atoms with Crippen LogP contribution in [0.3, 0.4) is 0 Å². The fraction of sp³-hybridized carbons (Fsp3) is 0.261. The Morgan fingerprint density at radius 2 is 1.58 bits per heavy atom. The highest BCUT2D eigenvalue weighted by atomic mass is 35.7. The van der Waals surface area contributed by atoms with Crippen molar-refractivity contribution in [2.45, 2.75) is 25.7 Å². The van der Waals surface area contributed by atoms with Crippen molar-refractivity contribution >= 4 is 17.6 Å². The molecule has 0 spiro atoms. The van der Waals surface area contributed by atoms with Gasteiger partial charge in [0.15, 0.2) is 5.76 Å². The smallest absolute Gasteiger partial charge is 0.211 e. The summed E-state index contributed by atoms with van der Waals surface area (Å²) in [5.74, 6) is 0.281. The first-order valence-corrected chi connectivity index (χ1v) is 11.3. The molecule has 2 aromatic carbocycles. The lowest BCUT2D eigenvalue weighted by Gasteiger charge is -2.27. The van der Waals surface area contributed by atoms with Crippen LogP contribution in [0.5, 0.6) is 0 Å². The highest BCUT2D eigenvalue weighted by Gasteiger charge is 2.20. The number of hydrogen-bond acceptors (Lipinski definition) is 6. The molecule has 7 nitrogen and oxygen atoms in total. The van der Waals surface area contributed by atoms with Crippen molar-refractivity contribution in [1.29, 1.82) is 0 Å². The Kier molecular flexibility index (Phi) is 7.84. The molecule has 0 saturated heterocycles. The van der Waals surface area contributed by atoms with Crippen LogP contribution in [0, 0.1) is 10.2 Å². The normalized spacial score (nSPS) is 17.7. The van der Waals surface area contributed by atoms with Crippen LogP contribution in [-0.2, 0) is 12.8 Å². The second kappa shape index (κ2) is 10.6. The van der Waals surface area contributed by atoms with E-state index in [2.05, 4.69) is 64.2 Å². The maximum absolute atomic E-state index is 10.3. The number of benzene rings is 2. The van der Waals surface area contributed by atoms with Crippen LogP contribution in [0.4, 0.5) is 11.4 Å². The molecular formula is C23H25ClN2O5. The summed E-state index contributed by atoms with van der Waals surface area (Å²) in [6.07, 6.45) is 12.1. The van der Waals surface area contributed by atoms with Gasteiger partial charge in [0, 0.05) is 36.5 Å². The van der Waals surface area contributed by atoms with Crippen LogP contribution in [0.1, 0.15) is 24.0 Å². The fourth-order valence-electron chi connectivity index (χ4n) is 3.86. The lowest BCUT2D eigenvalue weighted by molar-refractivity contribution is -2.00. The second-order valence-electron chi connectivity index (χ2n) is 7.29. The van der Waals surface area contributed by atoms with E-state index in [9.17, 15) is 5.11 Å². The Balaban J connectivity index is 0.000000491. The summed E-state index contributed by atoms with van der Waals surface area (Å²) >= 11 is 0. The van der Waals surface area contributed by atoms with Gasteiger partial charge in [0.05, 0.1) is 0 Å². The maximum atomic E-state index is 10.3. The minimum atomic E-state index is -4.94. The van der Waals surface area contributed by atoms with Gasteiger partial charge in [0.25, 0.3) is 0 Å². The van der Waals surface area contributed by atoms with Crippen LogP contribution < -0.4 is 23.5 Å². The van der Waals surface area contributed by atoms with Gasteiger partial charge in [0.1, 0.15) is 6.54 Å². The van der Waals surface area contributed by atoms with Gasteiger partial charge in [-0.05, 0) is 43.0 Å². The topological polar surface area (TPSA) is 119 Å². The Bertz CT molecular complexity index is 976. The number of rotatable bonds is 3. The van der Waals surface area contributed by atoms with Crippen molar-refractivity contribution in [3.63, 3.8) is 0 Å². The van der Waals surface area contributed by atoms with E-state index >= 15 is 0 Å². The molecule has 0 aromatic heterocycles. The number of fused-ring (bicyclic) bond motifs is 2. The SMILES string of the molecule is O/C(C=[N+]1CCCc2ccccc21)=C\C=C/N1CCCc2ccccc21.[O-][Cl+3]([O-])([O-])[O-]. The number of allylic oxidation sites excluding steroid dienone is 3. The van der Waals surface area contributed by atoms with E-state index in [1.165, 1.54) is 22.5 Å². The van der Waals surface area contributed by atoms with Crippen molar-refractivity contribution in [1.82, 2.24) is 0 Å². The zero-order valence-electron chi connectivity index (χ0n) is 17.0. The average molecular weight is 445 g/mol. The Morgan fingerprint density at radius 1 is 0.935 bits per heavy atom. The van der Waals surface area contributed by atoms with E-state index < -0.39 is 10.2 Å². The summed E-state index contributed by atoms with van der Waals surface area (Å²) in [5, 5.41) is 10.3. The number of halogens is 1. The van der Waals surface area contributed by atoms with Crippen LogP contribution in [0.25, 0.3) is 0 Å². The Morgan fingerprint density at radius 3 is 2.35 bits per heavy atom. The van der Waals surface area contributed by atoms with Crippen molar-refractivity contribution in [2.24, 2.45) is 0 Å². The van der Waals surface area contributed by atoms with Gasteiger partial charge in [-0.25, -0.2) is 18.6 Å². The average Bonchev–Trinajstić information content (AvgIpc) is 2.73. The number of aryl methyl sites for hydroxylation is 2. The molecule has 0 saturated carbocycles. The zero-order valence-corrected chi connectivity index (χ0v) is 17.8. The van der Waals surface area contributed by atoms with E-state index in [4.69, 9.17) is 18.6 Å². The summed E-state index contributed by atoms with van der Waals surface area (Å²) in [7, 11) is -4.94. The number of anilines is 1. The lowest BCUT2D eigenvalue weighted by atomic mass is 10.0. The predicted octanol–water partition coefficient (Wildman–Crippen LogP) is 0.00000000000000155. The first kappa shape index (κ1) is 23.0. The quantitative estimate of drug-likeness (QED) is 0.404. The van der Waals surface area contributed by atoms with Crippen LogP contribution in [-0.4, -0.2) is 29.0 Å². The third kappa shape index (κ3) is 7.20. The van der Waals surface area contributed by atoms with E-state index in [0.29, 0.717) is 0 Å². The second-order valence-corrected chi connectivity index (χ2v) is 8.05. The summed E-state index contributed by atoms with van der Waals surface area (Å²) in [6.45, 7) is 1.96. The number of hydrogen-bond donors (Lipinski definition) is 1. The summed E-state index contributed by atoms with van der Waals surface area (Å²) in [4.78, 5) is 2.26. The number of aliphatic hydroxyl groups excluding tert-OH is 1.